The van der Waals surface area contributed by atoms with Gasteiger partial charge in [0, 0.05) is 70.0 Å². The molecule has 0 bridgehead atoms. The molecule has 2 aromatic heterocycles. The largest absolute Gasteiger partial charge is 0.496 e. The lowest BCUT2D eigenvalue weighted by atomic mass is 10.0. The molecular weight excluding hydrogens is 931 g/mol. The number of rotatable bonds is 30. The molecule has 0 N–H and O–H groups in total. The SMILES string of the molecule is C=CC(=O)OCCCC(F)(F)CCCOC(CCOc1ccc2cc(-c3ccc(CCCCC)cc3OC)c(=O)sc2c1)CCOc1ccc2cc(-c3ccc(CCCCC)cc3OC)c(=O)sc2c1. The van der Waals surface area contributed by atoms with E-state index in [0.717, 1.165) is 111 Å². The van der Waals surface area contributed by atoms with Crippen molar-refractivity contribution in [3.05, 3.63) is 128 Å². The van der Waals surface area contributed by atoms with Gasteiger partial charge in [0.25, 0.3) is 0 Å². The number of unbranched alkanes of at least 4 members (excludes halogenated alkanes) is 4. The quantitative estimate of drug-likeness (QED) is 0.0248. The van der Waals surface area contributed by atoms with Crippen molar-refractivity contribution in [3.8, 4) is 45.3 Å². The normalized spacial score (nSPS) is 11.6. The molecule has 4 aromatic carbocycles. The van der Waals surface area contributed by atoms with Gasteiger partial charge in [0.05, 0.1) is 40.1 Å². The molecule has 0 amide bonds. The minimum atomic E-state index is -2.94. The Bertz CT molecular complexity index is 2620. The molecular formula is C57H66F2O9S2. The van der Waals surface area contributed by atoms with E-state index in [-0.39, 0.29) is 61.3 Å². The number of alkyl halides is 2. The molecule has 13 heteroatoms. The third-order valence-corrected chi connectivity index (χ3v) is 14.2. The topological polar surface area (TPSA) is 107 Å². The maximum absolute atomic E-state index is 14.7. The first-order valence-corrected chi connectivity index (χ1v) is 26.1. The number of carbonyl (C=O) groups is 1. The summed E-state index contributed by atoms with van der Waals surface area (Å²) in [6, 6.07) is 27.3. The summed E-state index contributed by atoms with van der Waals surface area (Å²) in [5.74, 6) is -1.04. The summed E-state index contributed by atoms with van der Waals surface area (Å²) in [4.78, 5) is 38.3. The number of hydrogen-bond acceptors (Lipinski definition) is 11. The summed E-state index contributed by atoms with van der Waals surface area (Å²) in [5.41, 5.74) is 5.06. The second kappa shape index (κ2) is 27.1. The number of benzene rings is 4. The summed E-state index contributed by atoms with van der Waals surface area (Å²) in [7, 11) is 3.26. The van der Waals surface area contributed by atoms with Crippen LogP contribution in [0.15, 0.2) is 107 Å². The van der Waals surface area contributed by atoms with Gasteiger partial charge >= 0.3 is 5.97 Å². The van der Waals surface area contributed by atoms with Crippen LogP contribution in [0, 0.1) is 0 Å². The number of ether oxygens (including phenoxy) is 6. The van der Waals surface area contributed by atoms with Crippen LogP contribution in [0.1, 0.15) is 102 Å². The molecule has 70 heavy (non-hydrogen) atoms. The standard InChI is InChI=1S/C57H66F2O9S2/c1-6-9-11-15-39-17-23-46(50(33-39)63-4)48-35-41-19-21-44(37-52(41)69-55(48)61)66-31-25-43(65-29-13-27-57(58,59)28-14-30-68-54(60)8-3)26-32-67-45-22-20-42-36-49(56(62)70-53(42)38-45)47-24-18-40(16-12-10-7-2)34-51(47)64-5/h8,17-24,33-38,43H,3,6-7,9-16,25-32H2,1-2,4-5H3. The van der Waals surface area contributed by atoms with Gasteiger partial charge in [0.15, 0.2) is 0 Å². The van der Waals surface area contributed by atoms with Crippen LogP contribution in [0.3, 0.4) is 0 Å². The van der Waals surface area contributed by atoms with E-state index in [1.807, 2.05) is 72.8 Å². The smallest absolute Gasteiger partial charge is 0.330 e. The predicted octanol–water partition coefficient (Wildman–Crippen LogP) is 14.2. The number of hydrogen-bond donors (Lipinski definition) is 0. The molecule has 6 rings (SSSR count). The number of halogens is 2. The van der Waals surface area contributed by atoms with Crippen molar-refractivity contribution in [1.82, 2.24) is 0 Å². The van der Waals surface area contributed by atoms with E-state index in [0.29, 0.717) is 47.0 Å². The van der Waals surface area contributed by atoms with E-state index in [1.54, 1.807) is 14.2 Å². The second-order valence-electron chi connectivity index (χ2n) is 17.5. The number of methoxy groups -OCH3 is 2. The molecule has 0 spiro atoms. The number of fused-ring (bicyclic) bond motifs is 2. The third-order valence-electron chi connectivity index (χ3n) is 12.2. The van der Waals surface area contributed by atoms with Gasteiger partial charge in [-0.2, -0.15) is 0 Å². The fraction of sp³-hybridized carbons (Fsp3) is 0.421. The third kappa shape index (κ3) is 15.7. The fourth-order valence-electron chi connectivity index (χ4n) is 8.32. The van der Waals surface area contributed by atoms with Gasteiger partial charge in [0.2, 0.25) is 15.4 Å². The molecule has 0 saturated heterocycles. The van der Waals surface area contributed by atoms with Crippen LogP contribution in [-0.2, 0) is 27.1 Å². The molecule has 9 nitrogen and oxygen atoms in total. The van der Waals surface area contributed by atoms with Gasteiger partial charge in [-0.3, -0.25) is 9.59 Å². The van der Waals surface area contributed by atoms with Gasteiger partial charge in [-0.25, -0.2) is 13.6 Å². The highest BCUT2D eigenvalue weighted by Gasteiger charge is 2.28. The van der Waals surface area contributed by atoms with Gasteiger partial charge in [-0.1, -0.05) is 93.0 Å². The van der Waals surface area contributed by atoms with Crippen LogP contribution in [0.4, 0.5) is 8.78 Å². The van der Waals surface area contributed by atoms with E-state index < -0.39 is 18.3 Å². The van der Waals surface area contributed by atoms with E-state index >= 15 is 0 Å². The summed E-state index contributed by atoms with van der Waals surface area (Å²) in [5, 5.41) is 1.80. The van der Waals surface area contributed by atoms with Gasteiger partial charge in [0.1, 0.15) is 23.0 Å². The first-order chi connectivity index (χ1) is 33.9. The Hall–Kier alpha value is -5.63. The summed E-state index contributed by atoms with van der Waals surface area (Å²) < 4.78 is 65.7. The van der Waals surface area contributed by atoms with Crippen molar-refractivity contribution >= 4 is 48.8 Å². The van der Waals surface area contributed by atoms with E-state index in [2.05, 4.69) is 32.6 Å². The molecule has 374 valence electrons. The van der Waals surface area contributed by atoms with E-state index in [4.69, 9.17) is 28.4 Å². The van der Waals surface area contributed by atoms with Crippen LogP contribution in [0.5, 0.6) is 23.0 Å². The zero-order chi connectivity index (χ0) is 49.9. The second-order valence-corrected chi connectivity index (χ2v) is 19.5. The van der Waals surface area contributed by atoms with Crippen LogP contribution in [0.25, 0.3) is 42.4 Å². The van der Waals surface area contributed by atoms with Crippen LogP contribution >= 0.6 is 22.7 Å². The average molecular weight is 997 g/mol. The van der Waals surface area contributed by atoms with Crippen LogP contribution in [-0.4, -0.2) is 58.6 Å². The lowest BCUT2D eigenvalue weighted by Crippen LogP contribution is -2.22. The molecule has 0 radical (unpaired) electrons. The van der Waals surface area contributed by atoms with Crippen molar-refractivity contribution in [3.63, 3.8) is 0 Å². The van der Waals surface area contributed by atoms with Gasteiger partial charge < -0.3 is 28.4 Å². The summed E-state index contributed by atoms with van der Waals surface area (Å²) in [6.45, 7) is 8.22. The Labute approximate surface area is 418 Å². The highest BCUT2D eigenvalue weighted by Crippen LogP contribution is 2.35. The Balaban J connectivity index is 1.09. The maximum Gasteiger partial charge on any atom is 0.330 e. The average Bonchev–Trinajstić information content (AvgIpc) is 3.36. The Kier molecular flexibility index (Phi) is 20.8. The van der Waals surface area contributed by atoms with Crippen LogP contribution < -0.4 is 28.4 Å². The zero-order valence-electron chi connectivity index (χ0n) is 40.9. The zero-order valence-corrected chi connectivity index (χ0v) is 42.6. The Morgan fingerprint density at radius 3 is 1.56 bits per heavy atom. The number of carbonyl (C=O) groups excluding carboxylic acids is 1. The molecule has 0 aliphatic rings. The highest BCUT2D eigenvalue weighted by molar-refractivity contribution is 7.16. The summed E-state index contributed by atoms with van der Waals surface area (Å²) >= 11 is 2.31. The van der Waals surface area contributed by atoms with Crippen LogP contribution in [0.2, 0.25) is 0 Å². The van der Waals surface area contributed by atoms with Crippen molar-refractivity contribution in [2.24, 2.45) is 0 Å². The van der Waals surface area contributed by atoms with E-state index in [1.165, 1.54) is 11.1 Å². The number of aryl methyl sites for hydroxylation is 2. The molecule has 0 atom stereocenters. The van der Waals surface area contributed by atoms with Gasteiger partial charge in [-0.15, -0.1) is 0 Å². The first-order valence-electron chi connectivity index (χ1n) is 24.5. The van der Waals surface area contributed by atoms with Crippen molar-refractivity contribution < 1.29 is 42.0 Å². The highest BCUT2D eigenvalue weighted by atomic mass is 32.1. The molecule has 0 aliphatic carbocycles. The summed E-state index contributed by atoms with van der Waals surface area (Å²) in [6.07, 6.45) is 9.63. The number of esters is 1. The molecule has 0 fully saturated rings. The van der Waals surface area contributed by atoms with Crippen molar-refractivity contribution in [2.45, 2.75) is 116 Å². The van der Waals surface area contributed by atoms with Gasteiger partial charge in [-0.05, 0) is 121 Å². The maximum atomic E-state index is 14.7. The van der Waals surface area contributed by atoms with Crippen molar-refractivity contribution in [1.29, 1.82) is 0 Å². The predicted molar refractivity (Wildman–Crippen MR) is 281 cm³/mol. The Morgan fingerprint density at radius 1 is 0.614 bits per heavy atom. The molecule has 0 aliphatic heterocycles. The first kappa shape index (κ1) is 53.7. The minimum Gasteiger partial charge on any atom is -0.496 e. The molecule has 6 aromatic rings. The van der Waals surface area contributed by atoms with E-state index in [9.17, 15) is 23.2 Å². The minimum absolute atomic E-state index is 0.0357. The van der Waals surface area contributed by atoms with Crippen molar-refractivity contribution in [2.75, 3.05) is 40.6 Å². The lowest BCUT2D eigenvalue weighted by Gasteiger charge is -2.20. The molecule has 0 saturated carbocycles. The monoisotopic (exact) mass is 996 g/mol. The molecule has 0 unspecified atom stereocenters. The molecule has 2 heterocycles. The fourth-order valence-corrected chi connectivity index (χ4v) is 10.1. The Morgan fingerprint density at radius 2 is 1.10 bits per heavy atom. The lowest BCUT2D eigenvalue weighted by molar-refractivity contribution is -0.138.